The number of carbonyl (C=O) groups excluding carboxylic acids is 1. The van der Waals surface area contributed by atoms with Crippen molar-refractivity contribution in [2.75, 3.05) is 0 Å². The Labute approximate surface area is 113 Å². The van der Waals surface area contributed by atoms with Crippen molar-refractivity contribution in [2.45, 2.75) is 31.8 Å². The lowest BCUT2D eigenvalue weighted by atomic mass is 10.1. The SMILES string of the molecule is CC(NC(=O)N[C@@H](CCC(=O)O)C(=O)O)c1ncn[nH]1. The number of aromatic nitrogens is 3. The largest absolute Gasteiger partial charge is 0.481 e. The van der Waals surface area contributed by atoms with Crippen molar-refractivity contribution in [3.05, 3.63) is 12.2 Å². The fourth-order valence-corrected chi connectivity index (χ4v) is 1.41. The molecule has 10 heteroatoms. The lowest BCUT2D eigenvalue weighted by molar-refractivity contribution is -0.140. The van der Waals surface area contributed by atoms with E-state index in [1.807, 2.05) is 0 Å². The maximum atomic E-state index is 11.6. The molecule has 1 aromatic heterocycles. The fourth-order valence-electron chi connectivity index (χ4n) is 1.41. The predicted molar refractivity (Wildman–Crippen MR) is 64.8 cm³/mol. The van der Waals surface area contributed by atoms with E-state index in [2.05, 4.69) is 25.8 Å². The highest BCUT2D eigenvalue weighted by molar-refractivity contribution is 5.83. The average Bonchev–Trinajstić information content (AvgIpc) is 2.87. The van der Waals surface area contributed by atoms with Crippen LogP contribution >= 0.6 is 0 Å². The summed E-state index contributed by atoms with van der Waals surface area (Å²) < 4.78 is 0. The van der Waals surface area contributed by atoms with Crippen LogP contribution in [0.1, 0.15) is 31.6 Å². The monoisotopic (exact) mass is 285 g/mol. The molecule has 1 unspecified atom stereocenters. The van der Waals surface area contributed by atoms with Gasteiger partial charge in [-0.05, 0) is 13.3 Å². The van der Waals surface area contributed by atoms with Crippen LogP contribution in [-0.2, 0) is 9.59 Å². The number of hydrogen-bond donors (Lipinski definition) is 5. The van der Waals surface area contributed by atoms with Gasteiger partial charge in [0.1, 0.15) is 18.2 Å². The maximum absolute atomic E-state index is 11.6. The number of aliphatic carboxylic acids is 2. The van der Waals surface area contributed by atoms with Crippen molar-refractivity contribution in [1.29, 1.82) is 0 Å². The van der Waals surface area contributed by atoms with Crippen molar-refractivity contribution < 1.29 is 24.6 Å². The van der Waals surface area contributed by atoms with Crippen LogP contribution in [-0.4, -0.2) is 49.4 Å². The number of hydrogen-bond acceptors (Lipinski definition) is 5. The van der Waals surface area contributed by atoms with E-state index in [9.17, 15) is 14.4 Å². The van der Waals surface area contributed by atoms with Crippen LogP contribution in [0.15, 0.2) is 6.33 Å². The summed E-state index contributed by atoms with van der Waals surface area (Å²) in [6, 6.07) is -2.49. The van der Waals surface area contributed by atoms with Crippen molar-refractivity contribution >= 4 is 18.0 Å². The summed E-state index contributed by atoms with van der Waals surface area (Å²) in [5, 5.41) is 28.2. The normalized spacial score (nSPS) is 13.2. The smallest absolute Gasteiger partial charge is 0.326 e. The number of carbonyl (C=O) groups is 3. The lowest BCUT2D eigenvalue weighted by Crippen LogP contribution is -2.46. The van der Waals surface area contributed by atoms with Crippen molar-refractivity contribution in [1.82, 2.24) is 25.8 Å². The van der Waals surface area contributed by atoms with Crippen LogP contribution in [0.5, 0.6) is 0 Å². The zero-order valence-corrected chi connectivity index (χ0v) is 10.7. The van der Waals surface area contributed by atoms with Gasteiger partial charge in [0, 0.05) is 6.42 Å². The minimum atomic E-state index is -1.30. The molecule has 0 bridgehead atoms. The molecule has 5 N–H and O–H groups in total. The second-order valence-electron chi connectivity index (χ2n) is 4.03. The van der Waals surface area contributed by atoms with E-state index in [4.69, 9.17) is 10.2 Å². The number of nitrogens with zero attached hydrogens (tertiary/aromatic N) is 2. The third-order valence-corrected chi connectivity index (χ3v) is 2.44. The molecule has 2 atom stereocenters. The second-order valence-corrected chi connectivity index (χ2v) is 4.03. The molecule has 0 aliphatic carbocycles. The van der Waals surface area contributed by atoms with Gasteiger partial charge in [-0.2, -0.15) is 5.10 Å². The highest BCUT2D eigenvalue weighted by Gasteiger charge is 2.22. The Balaban J connectivity index is 2.49. The van der Waals surface area contributed by atoms with Gasteiger partial charge in [0.15, 0.2) is 0 Å². The molecule has 0 radical (unpaired) electrons. The fraction of sp³-hybridized carbons (Fsp3) is 0.500. The van der Waals surface area contributed by atoms with E-state index in [1.54, 1.807) is 6.92 Å². The molecule has 1 heterocycles. The third-order valence-electron chi connectivity index (χ3n) is 2.44. The molecular formula is C10H15N5O5. The van der Waals surface area contributed by atoms with E-state index in [0.717, 1.165) is 0 Å². The van der Waals surface area contributed by atoms with Gasteiger partial charge in [0.05, 0.1) is 6.04 Å². The Morgan fingerprint density at radius 3 is 2.55 bits per heavy atom. The summed E-state index contributed by atoms with van der Waals surface area (Å²) in [6.45, 7) is 1.63. The molecule has 0 spiro atoms. The summed E-state index contributed by atoms with van der Waals surface area (Å²) in [6.07, 6.45) is 0.724. The first-order chi connectivity index (χ1) is 9.40. The number of H-pyrrole nitrogens is 1. The molecule has 0 saturated carbocycles. The van der Waals surface area contributed by atoms with Gasteiger partial charge < -0.3 is 20.8 Å². The molecule has 0 aliphatic heterocycles. The van der Waals surface area contributed by atoms with Crippen LogP contribution in [0, 0.1) is 0 Å². The molecule has 1 rings (SSSR count). The number of rotatable bonds is 7. The predicted octanol–water partition coefficient (Wildman–Crippen LogP) is -0.517. The van der Waals surface area contributed by atoms with Crippen molar-refractivity contribution in [3.63, 3.8) is 0 Å². The molecule has 1 aromatic rings. The number of carboxylic acid groups (broad SMARTS) is 2. The third kappa shape index (κ3) is 4.92. The van der Waals surface area contributed by atoms with Crippen LogP contribution in [0.3, 0.4) is 0 Å². The van der Waals surface area contributed by atoms with E-state index in [-0.39, 0.29) is 12.8 Å². The zero-order chi connectivity index (χ0) is 15.1. The quantitative estimate of drug-likeness (QED) is 0.451. The van der Waals surface area contributed by atoms with E-state index in [1.165, 1.54) is 6.33 Å². The summed E-state index contributed by atoms with van der Waals surface area (Å²) in [4.78, 5) is 36.8. The Morgan fingerprint density at radius 1 is 1.35 bits per heavy atom. The maximum Gasteiger partial charge on any atom is 0.326 e. The van der Waals surface area contributed by atoms with E-state index >= 15 is 0 Å². The number of urea groups is 1. The van der Waals surface area contributed by atoms with E-state index < -0.39 is 30.1 Å². The highest BCUT2D eigenvalue weighted by Crippen LogP contribution is 2.04. The molecule has 110 valence electrons. The number of amides is 2. The number of aromatic amines is 1. The van der Waals surface area contributed by atoms with Crippen LogP contribution in [0.2, 0.25) is 0 Å². The molecule has 2 amide bonds. The molecular weight excluding hydrogens is 270 g/mol. The summed E-state index contributed by atoms with van der Waals surface area (Å²) >= 11 is 0. The molecule has 10 nitrogen and oxygen atoms in total. The minimum absolute atomic E-state index is 0.200. The van der Waals surface area contributed by atoms with Crippen molar-refractivity contribution in [3.8, 4) is 0 Å². The molecule has 20 heavy (non-hydrogen) atoms. The zero-order valence-electron chi connectivity index (χ0n) is 10.7. The van der Waals surface area contributed by atoms with Gasteiger partial charge in [-0.25, -0.2) is 14.6 Å². The Morgan fingerprint density at radius 2 is 2.05 bits per heavy atom. The topological polar surface area (TPSA) is 157 Å². The Kier molecular flexibility index (Phi) is 5.44. The number of nitrogens with one attached hydrogen (secondary N) is 3. The van der Waals surface area contributed by atoms with Gasteiger partial charge in [0.25, 0.3) is 0 Å². The minimum Gasteiger partial charge on any atom is -0.481 e. The van der Waals surface area contributed by atoms with Gasteiger partial charge in [-0.3, -0.25) is 9.89 Å². The molecule has 0 aromatic carbocycles. The molecule has 0 aliphatic rings. The number of carboxylic acids is 2. The van der Waals surface area contributed by atoms with Gasteiger partial charge in [-0.15, -0.1) is 0 Å². The first kappa shape index (κ1) is 15.4. The second kappa shape index (κ2) is 7.07. The van der Waals surface area contributed by atoms with Gasteiger partial charge >= 0.3 is 18.0 Å². The lowest BCUT2D eigenvalue weighted by Gasteiger charge is -2.16. The Bertz CT molecular complexity index is 474. The van der Waals surface area contributed by atoms with Gasteiger partial charge in [-0.1, -0.05) is 0 Å². The Hall–Kier alpha value is -2.65. The van der Waals surface area contributed by atoms with E-state index in [0.29, 0.717) is 5.82 Å². The summed E-state index contributed by atoms with van der Waals surface area (Å²) in [5.74, 6) is -2.01. The first-order valence-corrected chi connectivity index (χ1v) is 5.77. The summed E-state index contributed by atoms with van der Waals surface area (Å²) in [5.41, 5.74) is 0. The van der Waals surface area contributed by atoms with Crippen LogP contribution in [0.4, 0.5) is 4.79 Å². The first-order valence-electron chi connectivity index (χ1n) is 5.77. The van der Waals surface area contributed by atoms with Crippen LogP contribution < -0.4 is 10.6 Å². The van der Waals surface area contributed by atoms with Crippen LogP contribution in [0.25, 0.3) is 0 Å². The van der Waals surface area contributed by atoms with Gasteiger partial charge in [0.2, 0.25) is 0 Å². The molecule has 0 saturated heterocycles. The highest BCUT2D eigenvalue weighted by atomic mass is 16.4. The summed E-state index contributed by atoms with van der Waals surface area (Å²) in [7, 11) is 0. The molecule has 0 fully saturated rings. The van der Waals surface area contributed by atoms with Crippen molar-refractivity contribution in [2.24, 2.45) is 0 Å². The average molecular weight is 285 g/mol. The standard InChI is InChI=1S/C10H15N5O5/c1-5(8-11-4-12-15-8)13-10(20)14-6(9(18)19)2-3-7(16)17/h4-6H,2-3H2,1H3,(H,16,17)(H,18,19)(H,11,12,15)(H2,13,14,20)/t5?,6-/m0/s1.